The smallest absolute Gasteiger partial charge is 0.379 e. The first-order chi connectivity index (χ1) is 17.3. The summed E-state index contributed by atoms with van der Waals surface area (Å²) in [6.45, 7) is 4.76. The maximum atomic E-state index is 13.8. The Bertz CT molecular complexity index is 1240. The van der Waals surface area contributed by atoms with Crippen LogP contribution in [0.4, 0.5) is 0 Å². The summed E-state index contributed by atoms with van der Waals surface area (Å²) in [6.07, 6.45) is -2.68. The third kappa shape index (κ3) is 7.55. The number of esters is 1. The molecule has 1 unspecified atom stereocenters. The van der Waals surface area contributed by atoms with E-state index in [2.05, 4.69) is 20.9 Å². The van der Waals surface area contributed by atoms with Crippen LogP contribution in [0.3, 0.4) is 0 Å². The Balaban J connectivity index is 1.75. The monoisotopic (exact) mass is 622 g/mol. The molecule has 204 valence electrons. The van der Waals surface area contributed by atoms with Crippen LogP contribution < -0.4 is 15.8 Å². The number of nitrogens with one attached hydrogen (secondary N) is 1. The van der Waals surface area contributed by atoms with Crippen molar-refractivity contribution in [2.45, 2.75) is 43.0 Å². The van der Waals surface area contributed by atoms with Crippen molar-refractivity contribution in [1.29, 1.82) is 0 Å². The molecule has 1 aliphatic rings. The van der Waals surface area contributed by atoms with E-state index in [-0.39, 0.29) is 30.6 Å². The van der Waals surface area contributed by atoms with Crippen LogP contribution >= 0.6 is 35.1 Å². The van der Waals surface area contributed by atoms with Gasteiger partial charge in [-0.15, -0.1) is 0 Å². The zero-order valence-electron chi connectivity index (χ0n) is 20.4. The number of benzene rings is 1. The number of nitrogens with zero attached hydrogens (tertiary/aromatic N) is 1. The van der Waals surface area contributed by atoms with Gasteiger partial charge >= 0.3 is 19.3 Å². The molecule has 6 atom stereocenters. The highest BCUT2D eigenvalue weighted by molar-refractivity contribution is 9.10. The second-order valence-corrected chi connectivity index (χ2v) is 13.5. The third-order valence-electron chi connectivity index (χ3n) is 5.42. The molecule has 1 aliphatic heterocycles. The Morgan fingerprint density at radius 3 is 2.57 bits per heavy atom. The van der Waals surface area contributed by atoms with Gasteiger partial charge in [-0.25, -0.2) is 9.36 Å². The Morgan fingerprint density at radius 1 is 1.27 bits per heavy atom. The number of aliphatic hydroxyl groups is 1. The Kier molecular flexibility index (Phi) is 9.82. The molecular formula is C23H29BrClN2O9P. The van der Waals surface area contributed by atoms with Gasteiger partial charge in [0.15, 0.2) is 10.0 Å². The van der Waals surface area contributed by atoms with Crippen molar-refractivity contribution >= 4 is 41.1 Å². The summed E-state index contributed by atoms with van der Waals surface area (Å²) in [5.41, 5.74) is -1.40. The summed E-state index contributed by atoms with van der Waals surface area (Å²) in [6, 6.07) is 9.51. The molecule has 11 nitrogen and oxygen atoms in total. The summed E-state index contributed by atoms with van der Waals surface area (Å²) < 4.78 is 35.6. The van der Waals surface area contributed by atoms with Gasteiger partial charge in [0.1, 0.15) is 18.0 Å². The first-order valence-electron chi connectivity index (χ1n) is 11.5. The van der Waals surface area contributed by atoms with Gasteiger partial charge in [-0.1, -0.05) is 66.5 Å². The first-order valence-corrected chi connectivity index (χ1v) is 14.4. The summed E-state index contributed by atoms with van der Waals surface area (Å²) >= 11 is 9.67. The normalized spacial score (nSPS) is 26.0. The number of halogens is 2. The lowest BCUT2D eigenvalue weighted by Crippen LogP contribution is -2.40. The lowest BCUT2D eigenvalue weighted by molar-refractivity contribution is -0.148. The van der Waals surface area contributed by atoms with Crippen molar-refractivity contribution in [1.82, 2.24) is 9.55 Å². The predicted molar refractivity (Wildman–Crippen MR) is 139 cm³/mol. The third-order valence-corrected chi connectivity index (χ3v) is 8.80. The average molecular weight is 624 g/mol. The van der Waals surface area contributed by atoms with Gasteiger partial charge < -0.3 is 19.1 Å². The van der Waals surface area contributed by atoms with Gasteiger partial charge in [-0.05, 0) is 12.1 Å². The van der Waals surface area contributed by atoms with Crippen LogP contribution in [0.1, 0.15) is 27.0 Å². The number of carbonyl (C=O) groups is 1. The SMILES string of the molecule is CC(C)C(=O)OC[C@H](C)CP(=O)(OC[C@H]1O[C@@H](n2ccc(=O)[nH]c2=O)[C@](Cl)(Br)[C@@H]1O)Oc1ccccc1. The van der Waals surface area contributed by atoms with Crippen molar-refractivity contribution in [3.63, 3.8) is 0 Å². The molecule has 37 heavy (non-hydrogen) atoms. The molecule has 0 bridgehead atoms. The van der Waals surface area contributed by atoms with Crippen molar-refractivity contribution in [3.8, 4) is 5.75 Å². The molecule has 3 rings (SSSR count). The molecule has 14 heteroatoms. The van der Waals surface area contributed by atoms with E-state index < -0.39 is 47.7 Å². The molecule has 2 aromatic rings. The van der Waals surface area contributed by atoms with Crippen LogP contribution in [-0.4, -0.2) is 56.0 Å². The molecule has 1 aromatic heterocycles. The minimum atomic E-state index is -3.87. The van der Waals surface area contributed by atoms with Gasteiger partial charge in [0.2, 0.25) is 0 Å². The Hall–Kier alpha value is -1.95. The molecule has 2 heterocycles. The van der Waals surface area contributed by atoms with Crippen LogP contribution in [-0.2, 0) is 23.4 Å². The molecule has 2 N–H and O–H groups in total. The Morgan fingerprint density at radius 2 is 1.95 bits per heavy atom. The van der Waals surface area contributed by atoms with Crippen LogP contribution in [0.15, 0.2) is 52.2 Å². The zero-order chi connectivity index (χ0) is 27.4. The topological polar surface area (TPSA) is 146 Å². The van der Waals surface area contributed by atoms with Gasteiger partial charge in [0, 0.05) is 18.2 Å². The van der Waals surface area contributed by atoms with Crippen LogP contribution in [0.5, 0.6) is 5.75 Å². The van der Waals surface area contributed by atoms with Gasteiger partial charge in [-0.3, -0.25) is 23.7 Å². The highest BCUT2D eigenvalue weighted by Crippen LogP contribution is 2.52. The number of alkyl halides is 2. The number of aliphatic hydroxyl groups excluding tert-OH is 1. The summed E-state index contributed by atoms with van der Waals surface area (Å²) in [4.78, 5) is 37.6. The van der Waals surface area contributed by atoms with E-state index in [1.54, 1.807) is 51.1 Å². The van der Waals surface area contributed by atoms with E-state index >= 15 is 0 Å². The van der Waals surface area contributed by atoms with Crippen LogP contribution in [0.2, 0.25) is 0 Å². The molecule has 1 aromatic carbocycles. The molecule has 0 saturated carbocycles. The number of hydrogen-bond donors (Lipinski definition) is 2. The highest BCUT2D eigenvalue weighted by Gasteiger charge is 2.55. The second-order valence-electron chi connectivity index (χ2n) is 9.05. The van der Waals surface area contributed by atoms with E-state index in [4.69, 9.17) is 30.1 Å². The standard InChI is InChI=1S/C23H29BrClN2O9P/c1-14(2)20(30)33-11-15(3)13-37(32,36-16-7-5-4-6-8-16)34-12-17-19(29)23(24,25)21(35-17)27-10-9-18(28)26-22(27)31/h4-10,14-15,17,19,21,29H,11-13H2,1-3H3,(H,26,28,31)/t15-,17+,19+,21+,23-,37?/m0/s1. The molecule has 0 spiro atoms. The molecule has 0 aliphatic carbocycles. The first kappa shape index (κ1) is 29.6. The van der Waals surface area contributed by atoms with Crippen molar-refractivity contribution in [3.05, 3.63) is 63.4 Å². The van der Waals surface area contributed by atoms with Crippen LogP contribution in [0.25, 0.3) is 0 Å². The van der Waals surface area contributed by atoms with Gasteiger partial charge in [0.25, 0.3) is 5.56 Å². The number of aromatic nitrogens is 2. The van der Waals surface area contributed by atoms with E-state index in [0.29, 0.717) is 5.75 Å². The lowest BCUT2D eigenvalue weighted by Gasteiger charge is -2.25. The number of para-hydroxylation sites is 1. The lowest BCUT2D eigenvalue weighted by atomic mass is 10.2. The minimum absolute atomic E-state index is 0.00839. The van der Waals surface area contributed by atoms with Gasteiger partial charge in [-0.2, -0.15) is 0 Å². The number of rotatable bonds is 11. The number of aromatic amines is 1. The second kappa shape index (κ2) is 12.3. The Labute approximate surface area is 226 Å². The molecule has 1 fully saturated rings. The molecule has 0 radical (unpaired) electrons. The minimum Gasteiger partial charge on any atom is -0.465 e. The fourth-order valence-corrected chi connectivity index (χ4v) is 6.33. The number of hydrogen-bond acceptors (Lipinski definition) is 9. The molecule has 0 amide bonds. The average Bonchev–Trinajstić information content (AvgIpc) is 3.05. The summed E-state index contributed by atoms with van der Waals surface area (Å²) in [7, 11) is -3.87. The van der Waals surface area contributed by atoms with E-state index in [9.17, 15) is 24.1 Å². The number of H-pyrrole nitrogens is 1. The molecule has 1 saturated heterocycles. The van der Waals surface area contributed by atoms with E-state index in [1.165, 1.54) is 6.20 Å². The van der Waals surface area contributed by atoms with Crippen molar-refractivity contribution < 1.29 is 33.0 Å². The van der Waals surface area contributed by atoms with E-state index in [0.717, 1.165) is 10.6 Å². The number of ether oxygens (including phenoxy) is 2. The van der Waals surface area contributed by atoms with E-state index in [1.807, 2.05) is 0 Å². The zero-order valence-corrected chi connectivity index (χ0v) is 23.6. The van der Waals surface area contributed by atoms with Crippen molar-refractivity contribution in [2.24, 2.45) is 11.8 Å². The highest BCUT2D eigenvalue weighted by atomic mass is 79.9. The maximum Gasteiger partial charge on any atom is 0.379 e. The fourth-order valence-electron chi connectivity index (χ4n) is 3.49. The fraction of sp³-hybridized carbons (Fsp3) is 0.522. The quantitative estimate of drug-likeness (QED) is 0.219. The summed E-state index contributed by atoms with van der Waals surface area (Å²) in [5.74, 6) is -0.773. The predicted octanol–water partition coefficient (Wildman–Crippen LogP) is 3.25. The summed E-state index contributed by atoms with van der Waals surface area (Å²) in [5, 5.41) is 10.8. The van der Waals surface area contributed by atoms with Crippen LogP contribution in [0, 0.1) is 11.8 Å². The van der Waals surface area contributed by atoms with Gasteiger partial charge in [0.05, 0.1) is 25.3 Å². The van der Waals surface area contributed by atoms with Crippen molar-refractivity contribution in [2.75, 3.05) is 19.4 Å². The number of carbonyl (C=O) groups excluding carboxylic acids is 1. The largest absolute Gasteiger partial charge is 0.465 e. The molecular weight excluding hydrogens is 595 g/mol. The maximum absolute atomic E-state index is 13.8.